The first kappa shape index (κ1) is 26.2. The minimum Gasteiger partial charge on any atom is -0.481 e. The highest BCUT2D eigenvalue weighted by Gasteiger charge is 2.30. The van der Waals surface area contributed by atoms with Gasteiger partial charge in [-0.25, -0.2) is 13.2 Å². The van der Waals surface area contributed by atoms with Gasteiger partial charge < -0.3 is 20.5 Å². The number of ether oxygens (including phenoxy) is 1. The summed E-state index contributed by atoms with van der Waals surface area (Å²) in [6, 6.07) is 13.9. The van der Waals surface area contributed by atoms with Crippen molar-refractivity contribution in [3.63, 3.8) is 0 Å². The summed E-state index contributed by atoms with van der Waals surface area (Å²) in [5.41, 5.74) is 4.22. The molecule has 0 bridgehead atoms. The number of nitrogens with one attached hydrogen (secondary N) is 2. The molecule has 3 N–H and O–H groups in total. The van der Waals surface area contributed by atoms with Crippen LogP contribution in [0.15, 0.2) is 48.5 Å². The van der Waals surface area contributed by atoms with Crippen molar-refractivity contribution in [1.82, 2.24) is 10.6 Å². The molecular weight excluding hydrogens is 472 g/mol. The quantitative estimate of drug-likeness (QED) is 0.429. The van der Waals surface area contributed by atoms with Crippen molar-refractivity contribution in [3.8, 4) is 11.1 Å². The first-order valence-corrected chi connectivity index (χ1v) is 13.5. The molecule has 3 rings (SSSR count). The summed E-state index contributed by atoms with van der Waals surface area (Å²) < 4.78 is 28.8. The third-order valence-corrected chi connectivity index (χ3v) is 6.97. The van der Waals surface area contributed by atoms with Crippen molar-refractivity contribution in [2.45, 2.75) is 44.2 Å². The predicted octanol–water partition coefficient (Wildman–Crippen LogP) is 2.70. The molecule has 0 saturated heterocycles. The molecule has 35 heavy (non-hydrogen) atoms. The molecule has 0 spiro atoms. The van der Waals surface area contributed by atoms with E-state index in [9.17, 15) is 22.8 Å². The minimum atomic E-state index is -3.40. The van der Waals surface area contributed by atoms with Crippen molar-refractivity contribution in [2.75, 3.05) is 18.6 Å². The van der Waals surface area contributed by atoms with Gasteiger partial charge in [0.25, 0.3) is 0 Å². The molecule has 2 aromatic rings. The monoisotopic (exact) mass is 502 g/mol. The minimum absolute atomic E-state index is 0.0386. The Morgan fingerprint density at radius 1 is 1.00 bits per heavy atom. The highest BCUT2D eigenvalue weighted by atomic mass is 32.2. The molecule has 0 radical (unpaired) electrons. The standard InChI is InChI=1S/C25H30N2O7S/c1-3-16(14-23(28)29)26-24(30)22(12-13-35(2,32)33)27-25(31)34-15-21-19-10-6-4-8-17(19)18-9-5-7-11-20(18)21/h4-11,16,21-22H,3,12-15H2,1-2H3,(H,26,30)(H,27,31)(H,28,29)/t16-,22?/m0/s1. The van der Waals surface area contributed by atoms with E-state index in [1.165, 1.54) is 0 Å². The molecule has 0 fully saturated rings. The summed E-state index contributed by atoms with van der Waals surface area (Å²) in [4.78, 5) is 36.4. The maximum Gasteiger partial charge on any atom is 0.407 e. The number of hydrogen-bond donors (Lipinski definition) is 3. The molecule has 1 aliphatic carbocycles. The average molecular weight is 503 g/mol. The largest absolute Gasteiger partial charge is 0.481 e. The van der Waals surface area contributed by atoms with Gasteiger partial charge in [-0.1, -0.05) is 55.5 Å². The molecule has 10 heteroatoms. The van der Waals surface area contributed by atoms with Crippen molar-refractivity contribution >= 4 is 27.8 Å². The van der Waals surface area contributed by atoms with Gasteiger partial charge in [0.2, 0.25) is 5.91 Å². The molecule has 2 aromatic carbocycles. The van der Waals surface area contributed by atoms with Crippen LogP contribution in [-0.4, -0.2) is 62.2 Å². The number of fused-ring (bicyclic) bond motifs is 3. The summed E-state index contributed by atoms with van der Waals surface area (Å²) in [5, 5.41) is 14.1. The fourth-order valence-electron chi connectivity index (χ4n) is 4.19. The Morgan fingerprint density at radius 2 is 1.57 bits per heavy atom. The zero-order valence-electron chi connectivity index (χ0n) is 19.7. The molecule has 1 unspecified atom stereocenters. The summed E-state index contributed by atoms with van der Waals surface area (Å²) in [7, 11) is -3.40. The summed E-state index contributed by atoms with van der Waals surface area (Å²) in [6.07, 6.45) is 0.0903. The number of sulfone groups is 1. The lowest BCUT2D eigenvalue weighted by Crippen LogP contribution is -2.50. The van der Waals surface area contributed by atoms with Gasteiger partial charge in [-0.2, -0.15) is 0 Å². The second kappa shape index (κ2) is 11.4. The van der Waals surface area contributed by atoms with E-state index >= 15 is 0 Å². The number of rotatable bonds is 11. The van der Waals surface area contributed by atoms with E-state index < -0.39 is 39.9 Å². The van der Waals surface area contributed by atoms with Gasteiger partial charge in [-0.05, 0) is 35.1 Å². The number of carboxylic acids is 1. The van der Waals surface area contributed by atoms with Gasteiger partial charge >= 0.3 is 12.1 Å². The summed E-state index contributed by atoms with van der Waals surface area (Å²) in [5.74, 6) is -2.23. The first-order valence-electron chi connectivity index (χ1n) is 11.4. The highest BCUT2D eigenvalue weighted by molar-refractivity contribution is 7.90. The summed E-state index contributed by atoms with van der Waals surface area (Å²) in [6.45, 7) is 1.76. The third kappa shape index (κ3) is 7.05. The normalized spacial score (nSPS) is 14.3. The van der Waals surface area contributed by atoms with Crippen LogP contribution in [0.4, 0.5) is 4.79 Å². The molecule has 188 valence electrons. The molecule has 0 saturated carbocycles. The molecule has 1 aliphatic rings. The number of benzene rings is 2. The van der Waals surface area contributed by atoms with E-state index in [0.717, 1.165) is 28.5 Å². The second-order valence-electron chi connectivity index (χ2n) is 8.65. The number of alkyl carbamates (subject to hydrolysis) is 1. The lowest BCUT2D eigenvalue weighted by atomic mass is 9.98. The lowest BCUT2D eigenvalue weighted by Gasteiger charge is -2.22. The smallest absolute Gasteiger partial charge is 0.407 e. The van der Waals surface area contributed by atoms with Crippen LogP contribution in [0, 0.1) is 0 Å². The Balaban J connectivity index is 1.68. The third-order valence-electron chi connectivity index (χ3n) is 5.99. The number of carboxylic acid groups (broad SMARTS) is 1. The van der Waals surface area contributed by atoms with Crippen molar-refractivity contribution < 1.29 is 32.6 Å². The lowest BCUT2D eigenvalue weighted by molar-refractivity contribution is -0.137. The number of hydrogen-bond acceptors (Lipinski definition) is 6. The molecule has 2 amide bonds. The Labute approximate surface area is 204 Å². The fourth-order valence-corrected chi connectivity index (χ4v) is 4.86. The van der Waals surface area contributed by atoms with Crippen LogP contribution in [0.1, 0.15) is 43.2 Å². The molecule has 2 atom stereocenters. The van der Waals surface area contributed by atoms with Crippen molar-refractivity contribution in [3.05, 3.63) is 59.7 Å². The van der Waals surface area contributed by atoms with Crippen LogP contribution < -0.4 is 10.6 Å². The molecule has 0 aliphatic heterocycles. The Hall–Kier alpha value is -3.40. The van der Waals surface area contributed by atoms with Crippen LogP contribution in [0.5, 0.6) is 0 Å². The second-order valence-corrected chi connectivity index (χ2v) is 10.9. The van der Waals surface area contributed by atoms with E-state index in [1.807, 2.05) is 48.5 Å². The average Bonchev–Trinajstić information content (AvgIpc) is 3.12. The summed E-state index contributed by atoms with van der Waals surface area (Å²) >= 11 is 0. The number of carbonyl (C=O) groups is 3. The topological polar surface area (TPSA) is 139 Å². The SMILES string of the molecule is CC[C@@H](CC(=O)O)NC(=O)C(CCS(C)(=O)=O)NC(=O)OCC1c2ccccc2-c2ccccc21. The van der Waals surface area contributed by atoms with Gasteiger partial charge in [0.05, 0.1) is 12.2 Å². The zero-order chi connectivity index (χ0) is 25.6. The predicted molar refractivity (Wildman–Crippen MR) is 131 cm³/mol. The molecule has 0 aromatic heterocycles. The molecule has 9 nitrogen and oxygen atoms in total. The van der Waals surface area contributed by atoms with Crippen LogP contribution in [0.25, 0.3) is 11.1 Å². The van der Waals surface area contributed by atoms with Gasteiger partial charge in [0.1, 0.15) is 22.5 Å². The molecule has 0 heterocycles. The van der Waals surface area contributed by atoms with Crippen molar-refractivity contribution in [2.24, 2.45) is 0 Å². The molecular formula is C25H30N2O7S. The maximum absolute atomic E-state index is 12.8. The van der Waals surface area contributed by atoms with E-state index in [2.05, 4.69) is 10.6 Å². The van der Waals surface area contributed by atoms with Crippen LogP contribution >= 0.6 is 0 Å². The number of amides is 2. The van der Waals surface area contributed by atoms with E-state index in [4.69, 9.17) is 9.84 Å². The zero-order valence-corrected chi connectivity index (χ0v) is 20.5. The van der Waals surface area contributed by atoms with Crippen LogP contribution in [0.2, 0.25) is 0 Å². The van der Waals surface area contributed by atoms with Crippen LogP contribution in [-0.2, 0) is 24.2 Å². The van der Waals surface area contributed by atoms with Gasteiger partial charge in [0, 0.05) is 18.2 Å². The number of aliphatic carboxylic acids is 1. The van der Waals surface area contributed by atoms with Gasteiger partial charge in [0.15, 0.2) is 0 Å². The van der Waals surface area contributed by atoms with Crippen LogP contribution in [0.3, 0.4) is 0 Å². The Bertz CT molecular complexity index is 1150. The van der Waals surface area contributed by atoms with Gasteiger partial charge in [-0.3, -0.25) is 9.59 Å². The van der Waals surface area contributed by atoms with E-state index in [-0.39, 0.29) is 31.1 Å². The number of carbonyl (C=O) groups excluding carboxylic acids is 2. The van der Waals surface area contributed by atoms with Gasteiger partial charge in [-0.15, -0.1) is 0 Å². The Kier molecular flexibility index (Phi) is 8.50. The maximum atomic E-state index is 12.8. The van der Waals surface area contributed by atoms with Crippen molar-refractivity contribution in [1.29, 1.82) is 0 Å². The van der Waals surface area contributed by atoms with E-state index in [0.29, 0.717) is 6.42 Å². The first-order chi connectivity index (χ1) is 16.6. The highest BCUT2D eigenvalue weighted by Crippen LogP contribution is 2.44. The Morgan fingerprint density at radius 3 is 2.09 bits per heavy atom. The van der Waals surface area contributed by atoms with E-state index in [1.54, 1.807) is 6.92 Å². The fraction of sp³-hybridized carbons (Fsp3) is 0.400.